The van der Waals surface area contributed by atoms with E-state index in [1.165, 1.54) is 0 Å². The summed E-state index contributed by atoms with van der Waals surface area (Å²) in [5, 5.41) is 7.50. The van der Waals surface area contributed by atoms with Crippen LogP contribution in [0.2, 0.25) is 0 Å². The SMILES string of the molecule is CCCn1ncnc1CN(C)C1CNC1. The fourth-order valence-electron chi connectivity index (χ4n) is 1.75. The van der Waals surface area contributed by atoms with Crippen LogP contribution in [0.15, 0.2) is 6.33 Å². The summed E-state index contributed by atoms with van der Waals surface area (Å²) in [5.74, 6) is 1.08. The van der Waals surface area contributed by atoms with E-state index < -0.39 is 0 Å². The minimum absolute atomic E-state index is 0.664. The predicted octanol–water partition coefficient (Wildman–Crippen LogP) is 0.0917. The highest BCUT2D eigenvalue weighted by Gasteiger charge is 2.22. The summed E-state index contributed by atoms with van der Waals surface area (Å²) in [6, 6.07) is 0.664. The van der Waals surface area contributed by atoms with E-state index in [1.54, 1.807) is 6.33 Å². The van der Waals surface area contributed by atoms with Crippen molar-refractivity contribution in [3.05, 3.63) is 12.2 Å². The molecule has 5 nitrogen and oxygen atoms in total. The highest BCUT2D eigenvalue weighted by molar-refractivity contribution is 4.89. The molecule has 1 aliphatic heterocycles. The Bertz CT molecular complexity index is 305. The molecule has 1 fully saturated rings. The van der Waals surface area contributed by atoms with Crippen molar-refractivity contribution in [3.8, 4) is 0 Å². The summed E-state index contributed by atoms with van der Waals surface area (Å²) in [4.78, 5) is 6.65. The van der Waals surface area contributed by atoms with E-state index in [-0.39, 0.29) is 0 Å². The summed E-state index contributed by atoms with van der Waals surface area (Å²) in [7, 11) is 2.15. The molecule has 84 valence electrons. The van der Waals surface area contributed by atoms with Gasteiger partial charge in [-0.1, -0.05) is 6.92 Å². The van der Waals surface area contributed by atoms with Gasteiger partial charge in [0, 0.05) is 25.7 Å². The van der Waals surface area contributed by atoms with Gasteiger partial charge in [0.1, 0.15) is 12.2 Å². The van der Waals surface area contributed by atoms with E-state index in [0.29, 0.717) is 6.04 Å². The minimum Gasteiger partial charge on any atom is -0.314 e. The first-order chi connectivity index (χ1) is 7.31. The Balaban J connectivity index is 1.93. The van der Waals surface area contributed by atoms with Crippen LogP contribution in [-0.2, 0) is 13.1 Å². The lowest BCUT2D eigenvalue weighted by Gasteiger charge is -2.35. The largest absolute Gasteiger partial charge is 0.314 e. The van der Waals surface area contributed by atoms with Crippen molar-refractivity contribution in [2.45, 2.75) is 32.5 Å². The number of hydrogen-bond acceptors (Lipinski definition) is 4. The standard InChI is InChI=1S/C10H19N5/c1-3-4-15-10(12-8-13-15)7-14(2)9-5-11-6-9/h8-9,11H,3-7H2,1-2H3. The molecule has 0 saturated carbocycles. The van der Waals surface area contributed by atoms with Gasteiger partial charge in [-0.15, -0.1) is 0 Å². The topological polar surface area (TPSA) is 46.0 Å². The van der Waals surface area contributed by atoms with Gasteiger partial charge in [0.05, 0.1) is 6.54 Å². The van der Waals surface area contributed by atoms with Crippen LogP contribution < -0.4 is 5.32 Å². The Morgan fingerprint density at radius 3 is 3.00 bits per heavy atom. The van der Waals surface area contributed by atoms with E-state index in [4.69, 9.17) is 0 Å². The second-order valence-corrected chi connectivity index (χ2v) is 4.13. The molecule has 2 rings (SSSR count). The van der Waals surface area contributed by atoms with Gasteiger partial charge in [-0.2, -0.15) is 5.10 Å². The third-order valence-corrected chi connectivity index (χ3v) is 2.91. The van der Waals surface area contributed by atoms with E-state index >= 15 is 0 Å². The number of nitrogens with zero attached hydrogens (tertiary/aromatic N) is 4. The summed E-state index contributed by atoms with van der Waals surface area (Å²) in [6.07, 6.45) is 2.75. The molecule has 2 heterocycles. The lowest BCUT2D eigenvalue weighted by atomic mass is 10.1. The molecule has 1 saturated heterocycles. The summed E-state index contributed by atoms with van der Waals surface area (Å²) < 4.78 is 2.00. The van der Waals surface area contributed by atoms with Crippen LogP contribution in [0.25, 0.3) is 0 Å². The summed E-state index contributed by atoms with van der Waals surface area (Å²) in [5.41, 5.74) is 0. The molecule has 1 aromatic rings. The van der Waals surface area contributed by atoms with Crippen LogP contribution in [0, 0.1) is 0 Å². The zero-order valence-corrected chi connectivity index (χ0v) is 9.48. The Kier molecular flexibility index (Phi) is 3.33. The van der Waals surface area contributed by atoms with Crippen LogP contribution in [0.3, 0.4) is 0 Å². The van der Waals surface area contributed by atoms with Gasteiger partial charge in [0.2, 0.25) is 0 Å². The van der Waals surface area contributed by atoms with Gasteiger partial charge in [0.15, 0.2) is 0 Å². The first kappa shape index (κ1) is 10.6. The maximum absolute atomic E-state index is 4.31. The monoisotopic (exact) mass is 209 g/mol. The molecular formula is C10H19N5. The van der Waals surface area contributed by atoms with Crippen molar-refractivity contribution in [1.29, 1.82) is 0 Å². The molecule has 1 aromatic heterocycles. The van der Waals surface area contributed by atoms with Crippen LogP contribution in [0.5, 0.6) is 0 Å². The average molecular weight is 209 g/mol. The molecule has 0 bridgehead atoms. The highest BCUT2D eigenvalue weighted by atomic mass is 15.4. The average Bonchev–Trinajstić information content (AvgIpc) is 2.50. The van der Waals surface area contributed by atoms with Crippen LogP contribution in [0.1, 0.15) is 19.2 Å². The van der Waals surface area contributed by atoms with Crippen molar-refractivity contribution in [2.75, 3.05) is 20.1 Å². The maximum atomic E-state index is 4.31. The van der Waals surface area contributed by atoms with Gasteiger partial charge in [-0.3, -0.25) is 4.90 Å². The molecule has 0 atom stereocenters. The van der Waals surface area contributed by atoms with Crippen LogP contribution >= 0.6 is 0 Å². The predicted molar refractivity (Wildman–Crippen MR) is 58.4 cm³/mol. The van der Waals surface area contributed by atoms with Crippen LogP contribution in [0.4, 0.5) is 0 Å². The minimum atomic E-state index is 0.664. The van der Waals surface area contributed by atoms with E-state index in [2.05, 4.69) is 34.3 Å². The lowest BCUT2D eigenvalue weighted by Crippen LogP contribution is -2.55. The lowest BCUT2D eigenvalue weighted by molar-refractivity contribution is 0.167. The van der Waals surface area contributed by atoms with Crippen molar-refractivity contribution in [3.63, 3.8) is 0 Å². The third-order valence-electron chi connectivity index (χ3n) is 2.91. The fourth-order valence-corrected chi connectivity index (χ4v) is 1.75. The molecule has 0 aliphatic carbocycles. The molecule has 0 unspecified atom stereocenters. The molecule has 0 radical (unpaired) electrons. The highest BCUT2D eigenvalue weighted by Crippen LogP contribution is 2.07. The van der Waals surface area contributed by atoms with Crippen molar-refractivity contribution >= 4 is 0 Å². The molecule has 1 aliphatic rings. The van der Waals surface area contributed by atoms with E-state index in [9.17, 15) is 0 Å². The molecule has 1 N–H and O–H groups in total. The van der Waals surface area contributed by atoms with Gasteiger partial charge in [0.25, 0.3) is 0 Å². The molecule has 0 spiro atoms. The Hall–Kier alpha value is -0.940. The summed E-state index contributed by atoms with van der Waals surface area (Å²) >= 11 is 0. The van der Waals surface area contributed by atoms with Gasteiger partial charge < -0.3 is 5.32 Å². The molecule has 15 heavy (non-hydrogen) atoms. The fraction of sp³-hybridized carbons (Fsp3) is 0.800. The number of likely N-dealkylation sites (N-methyl/N-ethyl adjacent to an activating group) is 1. The third kappa shape index (κ3) is 2.35. The normalized spacial score (nSPS) is 17.0. The molecule has 0 aromatic carbocycles. The van der Waals surface area contributed by atoms with Crippen molar-refractivity contribution in [1.82, 2.24) is 25.0 Å². The van der Waals surface area contributed by atoms with Crippen molar-refractivity contribution in [2.24, 2.45) is 0 Å². The Labute approximate surface area is 90.5 Å². The van der Waals surface area contributed by atoms with Crippen molar-refractivity contribution < 1.29 is 0 Å². The van der Waals surface area contributed by atoms with E-state index in [0.717, 1.165) is 38.4 Å². The first-order valence-electron chi connectivity index (χ1n) is 5.59. The van der Waals surface area contributed by atoms with E-state index in [1.807, 2.05) is 4.68 Å². The number of nitrogens with one attached hydrogen (secondary N) is 1. The van der Waals surface area contributed by atoms with Gasteiger partial charge >= 0.3 is 0 Å². The second-order valence-electron chi connectivity index (χ2n) is 4.13. The second kappa shape index (κ2) is 4.72. The first-order valence-corrected chi connectivity index (χ1v) is 5.59. The number of aryl methyl sites for hydroxylation is 1. The Morgan fingerprint density at radius 2 is 2.40 bits per heavy atom. The number of aromatic nitrogens is 3. The smallest absolute Gasteiger partial charge is 0.141 e. The number of hydrogen-bond donors (Lipinski definition) is 1. The molecule has 0 amide bonds. The number of rotatable bonds is 5. The zero-order chi connectivity index (χ0) is 10.7. The zero-order valence-electron chi connectivity index (χ0n) is 9.48. The van der Waals surface area contributed by atoms with Gasteiger partial charge in [-0.25, -0.2) is 9.67 Å². The van der Waals surface area contributed by atoms with Gasteiger partial charge in [-0.05, 0) is 13.5 Å². The quantitative estimate of drug-likeness (QED) is 0.746. The van der Waals surface area contributed by atoms with Crippen LogP contribution in [-0.4, -0.2) is 45.8 Å². The summed E-state index contributed by atoms with van der Waals surface area (Å²) in [6.45, 7) is 6.21. The molecular weight excluding hydrogens is 190 g/mol. The molecule has 5 heteroatoms. The Morgan fingerprint density at radius 1 is 1.60 bits per heavy atom. The maximum Gasteiger partial charge on any atom is 0.141 e.